The molecule has 22 nitrogen and oxygen atoms in total. The topological polar surface area (TPSA) is 376 Å². The minimum absolute atomic E-state index is 0.0428. The van der Waals surface area contributed by atoms with Crippen LogP contribution >= 0.6 is 0 Å². The van der Waals surface area contributed by atoms with Crippen LogP contribution in [0.5, 0.6) is 0 Å². The van der Waals surface area contributed by atoms with Gasteiger partial charge >= 0.3 is 17.9 Å². The molecule has 0 heterocycles. The number of primary amides is 1. The van der Waals surface area contributed by atoms with Gasteiger partial charge in [0.05, 0.1) is 18.5 Å². The Kier molecular flexibility index (Phi) is 21.9. The first-order valence-corrected chi connectivity index (χ1v) is 19.2. The van der Waals surface area contributed by atoms with Crippen molar-refractivity contribution in [1.29, 1.82) is 0 Å². The van der Waals surface area contributed by atoms with Gasteiger partial charge in [-0.1, -0.05) is 58.0 Å². The molecule has 22 heteroatoms. The van der Waals surface area contributed by atoms with Crippen molar-refractivity contribution >= 4 is 59.3 Å². The monoisotopic (exact) mass is 850 g/mol. The molecule has 0 fully saturated rings. The average molecular weight is 851 g/mol. The Morgan fingerprint density at radius 2 is 1.13 bits per heavy atom. The van der Waals surface area contributed by atoms with E-state index in [2.05, 4.69) is 31.9 Å². The lowest BCUT2D eigenvalue weighted by molar-refractivity contribution is -0.142. The molecule has 60 heavy (non-hydrogen) atoms. The summed E-state index contributed by atoms with van der Waals surface area (Å²) < 4.78 is 0. The van der Waals surface area contributed by atoms with Gasteiger partial charge in [0.25, 0.3) is 5.91 Å². The Bertz CT molecular complexity index is 1690. The molecule has 0 saturated heterocycles. The maximum absolute atomic E-state index is 13.9. The second-order valence-electron chi connectivity index (χ2n) is 15.0. The summed E-state index contributed by atoms with van der Waals surface area (Å²) >= 11 is 0. The van der Waals surface area contributed by atoms with Gasteiger partial charge in [-0.3, -0.25) is 47.9 Å². The first-order chi connectivity index (χ1) is 27.9. The quantitative estimate of drug-likeness (QED) is 0.0427. The van der Waals surface area contributed by atoms with E-state index in [0.29, 0.717) is 5.56 Å². The summed E-state index contributed by atoms with van der Waals surface area (Å²) in [5.74, 6) is -11.7. The molecule has 1 aromatic rings. The highest BCUT2D eigenvalue weighted by Crippen LogP contribution is 2.13. The first-order valence-electron chi connectivity index (χ1n) is 19.2. The number of carbonyl (C=O) groups excluding carboxylic acids is 7. The highest BCUT2D eigenvalue weighted by molar-refractivity contribution is 5.96. The molecule has 0 aliphatic carbocycles. The second-order valence-corrected chi connectivity index (χ2v) is 15.0. The van der Waals surface area contributed by atoms with Gasteiger partial charge in [-0.05, 0) is 50.0 Å². The number of amides is 7. The minimum Gasteiger partial charge on any atom is -0.481 e. The van der Waals surface area contributed by atoms with Crippen LogP contribution in [-0.4, -0.2) is 128 Å². The number of benzene rings is 1. The van der Waals surface area contributed by atoms with Gasteiger partial charge in [0.2, 0.25) is 35.4 Å². The molecule has 14 N–H and O–H groups in total. The number of nitrogens with one attached hydrogen (secondary N) is 6. The molecule has 0 saturated carbocycles. The Balaban J connectivity index is 3.32. The molecule has 1 rings (SSSR count). The van der Waals surface area contributed by atoms with E-state index in [9.17, 15) is 58.2 Å². The molecule has 0 aliphatic heterocycles. The zero-order valence-electron chi connectivity index (χ0n) is 34.1. The van der Waals surface area contributed by atoms with Gasteiger partial charge < -0.3 is 63.8 Å². The van der Waals surface area contributed by atoms with E-state index in [4.69, 9.17) is 21.7 Å². The fourth-order valence-corrected chi connectivity index (χ4v) is 5.62. The maximum Gasteiger partial charge on any atom is 0.305 e. The SMILES string of the molecule is CC(C)C[C@H](NC(=O)[C@@H](NC(=O)[C@@H](N)CCC(=O)O)C(C)C)C(=O)N[C@@H](Cc1ccccc1)[C@@H](O)C(=O)N[C@@H](CC(=O)O)C(=O)N[C@@H](C)C(=O)N[C@@H](CCC(=O)O)C(N)=O. The third-order valence-electron chi connectivity index (χ3n) is 8.94. The molecular weight excluding hydrogens is 792 g/mol. The summed E-state index contributed by atoms with van der Waals surface area (Å²) in [4.78, 5) is 125. The zero-order valence-corrected chi connectivity index (χ0v) is 34.1. The number of aliphatic carboxylic acids is 3. The van der Waals surface area contributed by atoms with Gasteiger partial charge in [-0.25, -0.2) is 0 Å². The van der Waals surface area contributed by atoms with Crippen LogP contribution < -0.4 is 43.4 Å². The van der Waals surface area contributed by atoms with E-state index >= 15 is 0 Å². The highest BCUT2D eigenvalue weighted by atomic mass is 16.4. The van der Waals surface area contributed by atoms with Gasteiger partial charge in [0.1, 0.15) is 30.2 Å². The van der Waals surface area contributed by atoms with Crippen LogP contribution in [0.15, 0.2) is 30.3 Å². The molecule has 0 aromatic heterocycles. The minimum atomic E-state index is -2.14. The van der Waals surface area contributed by atoms with Crippen molar-refractivity contribution in [2.45, 2.75) is 128 Å². The van der Waals surface area contributed by atoms with Gasteiger partial charge in [-0.15, -0.1) is 0 Å². The summed E-state index contributed by atoms with van der Waals surface area (Å²) in [6.45, 7) is 7.91. The van der Waals surface area contributed by atoms with Crippen molar-refractivity contribution in [3.05, 3.63) is 35.9 Å². The summed E-state index contributed by atoms with van der Waals surface area (Å²) in [5, 5.41) is 52.9. The molecule has 8 atom stereocenters. The number of carbonyl (C=O) groups is 10. The molecule has 0 spiro atoms. The number of aliphatic hydroxyl groups excluding tert-OH is 1. The number of carboxylic acids is 3. The molecule has 334 valence electrons. The Labute approximate surface area is 346 Å². The summed E-state index contributed by atoms with van der Waals surface area (Å²) in [7, 11) is 0. The number of hydrogen-bond donors (Lipinski definition) is 12. The maximum atomic E-state index is 13.9. The van der Waals surface area contributed by atoms with Crippen molar-refractivity contribution in [2.75, 3.05) is 0 Å². The largest absolute Gasteiger partial charge is 0.481 e. The van der Waals surface area contributed by atoms with Crippen LogP contribution in [0.4, 0.5) is 0 Å². The Morgan fingerprint density at radius 3 is 1.65 bits per heavy atom. The van der Waals surface area contributed by atoms with Crippen molar-refractivity contribution in [3.8, 4) is 0 Å². The molecule has 1 aromatic carbocycles. The summed E-state index contributed by atoms with van der Waals surface area (Å²) in [6.07, 6.45) is -4.77. The zero-order chi connectivity index (χ0) is 45.9. The van der Waals surface area contributed by atoms with Crippen LogP contribution in [-0.2, 0) is 54.4 Å². The van der Waals surface area contributed by atoms with Gasteiger partial charge in [0, 0.05) is 12.8 Å². The normalized spacial score (nSPS) is 15.1. The number of aliphatic hydroxyl groups is 1. The fraction of sp³-hybridized carbons (Fsp3) is 0.579. The molecule has 0 radical (unpaired) electrons. The predicted molar refractivity (Wildman–Crippen MR) is 211 cm³/mol. The van der Waals surface area contributed by atoms with Crippen LogP contribution in [0.2, 0.25) is 0 Å². The van der Waals surface area contributed by atoms with Gasteiger partial charge in [0.15, 0.2) is 6.10 Å². The van der Waals surface area contributed by atoms with Crippen LogP contribution in [0.1, 0.15) is 78.7 Å². The molecule has 0 bridgehead atoms. The van der Waals surface area contributed by atoms with Crippen LogP contribution in [0, 0.1) is 11.8 Å². The van der Waals surface area contributed by atoms with Crippen LogP contribution in [0.3, 0.4) is 0 Å². The Hall–Kier alpha value is -6.16. The van der Waals surface area contributed by atoms with E-state index < -0.39 is 126 Å². The first kappa shape index (κ1) is 51.9. The standard InChI is InChI=1S/C38H58N8O14/c1-18(2)15-25(44-37(59)30(19(3)4)46-34(56)22(39)11-13-27(47)48)36(58)43-24(16-21-9-7-6-8-10-21)31(53)38(60)45-26(17-29(51)52)35(57)41-20(5)33(55)42-23(32(40)54)12-14-28(49)50/h6-10,18-20,22-26,30-31,53H,11-17,39H2,1-5H3,(H2,40,54)(H,41,57)(H,42,55)(H,43,58)(H,44,59)(H,45,60)(H,46,56)(H,47,48)(H,49,50)(H,51,52)/t20-,22-,23-,24-,25-,26-,30-,31+/m0/s1. The highest BCUT2D eigenvalue weighted by Gasteiger charge is 2.36. The Morgan fingerprint density at radius 1 is 0.600 bits per heavy atom. The van der Waals surface area contributed by atoms with E-state index in [1.807, 2.05) is 0 Å². The van der Waals surface area contributed by atoms with Crippen molar-refractivity contribution in [3.63, 3.8) is 0 Å². The number of rotatable bonds is 27. The number of nitrogens with two attached hydrogens (primary N) is 2. The lowest BCUT2D eigenvalue weighted by Crippen LogP contribution is -2.61. The molecular formula is C38H58N8O14. The predicted octanol–water partition coefficient (Wildman–Crippen LogP) is -2.76. The van der Waals surface area contributed by atoms with Crippen molar-refractivity contribution < 1.29 is 68.4 Å². The molecule has 0 aliphatic rings. The fourth-order valence-electron chi connectivity index (χ4n) is 5.62. The third kappa shape index (κ3) is 19.1. The average Bonchev–Trinajstić information content (AvgIpc) is 3.15. The van der Waals surface area contributed by atoms with E-state index in [1.165, 1.54) is 0 Å². The van der Waals surface area contributed by atoms with E-state index in [0.717, 1.165) is 6.92 Å². The van der Waals surface area contributed by atoms with Crippen LogP contribution in [0.25, 0.3) is 0 Å². The summed E-state index contributed by atoms with van der Waals surface area (Å²) in [6, 6.07) is -1.69. The second kappa shape index (κ2) is 25.4. The third-order valence-corrected chi connectivity index (χ3v) is 8.94. The molecule has 0 unspecified atom stereocenters. The number of carboxylic acid groups (broad SMARTS) is 3. The lowest BCUT2D eigenvalue weighted by atomic mass is 9.97. The van der Waals surface area contributed by atoms with E-state index in [-0.39, 0.29) is 38.0 Å². The van der Waals surface area contributed by atoms with E-state index in [1.54, 1.807) is 58.0 Å². The van der Waals surface area contributed by atoms with Crippen molar-refractivity contribution in [2.24, 2.45) is 23.3 Å². The number of hydrogen-bond acceptors (Lipinski definition) is 12. The molecule has 7 amide bonds. The van der Waals surface area contributed by atoms with Gasteiger partial charge in [-0.2, -0.15) is 0 Å². The smallest absolute Gasteiger partial charge is 0.305 e. The van der Waals surface area contributed by atoms with Crippen molar-refractivity contribution in [1.82, 2.24) is 31.9 Å². The summed E-state index contributed by atoms with van der Waals surface area (Å²) in [5.41, 5.74) is 11.6. The lowest BCUT2D eigenvalue weighted by Gasteiger charge is -2.30.